The van der Waals surface area contributed by atoms with Crippen molar-refractivity contribution in [1.82, 2.24) is 9.97 Å². The summed E-state index contributed by atoms with van der Waals surface area (Å²) in [5, 5.41) is 0. The van der Waals surface area contributed by atoms with E-state index < -0.39 is 0 Å². The van der Waals surface area contributed by atoms with E-state index in [1.165, 1.54) is 16.7 Å². The zero-order valence-corrected chi connectivity index (χ0v) is 12.9. The number of rotatable bonds is 3. The van der Waals surface area contributed by atoms with Gasteiger partial charge in [0.1, 0.15) is 12.4 Å². The third-order valence-electron chi connectivity index (χ3n) is 4.28. The number of benzene rings is 1. The van der Waals surface area contributed by atoms with Gasteiger partial charge in [-0.05, 0) is 36.5 Å². The molecule has 0 radical (unpaired) electrons. The molecule has 0 saturated heterocycles. The Kier molecular flexibility index (Phi) is 4.04. The number of ether oxygens (including phenoxy) is 1. The molecule has 5 heteroatoms. The third-order valence-corrected chi connectivity index (χ3v) is 4.28. The third kappa shape index (κ3) is 2.79. The lowest BCUT2D eigenvalue weighted by atomic mass is 9.97. The average Bonchev–Trinajstić information content (AvgIpc) is 2.99. The lowest BCUT2D eigenvalue weighted by molar-refractivity contribution is 0.141. The Morgan fingerprint density at radius 1 is 1.32 bits per heavy atom. The van der Waals surface area contributed by atoms with Gasteiger partial charge in [-0.25, -0.2) is 15.0 Å². The van der Waals surface area contributed by atoms with Crippen LogP contribution in [0.15, 0.2) is 41.9 Å². The van der Waals surface area contributed by atoms with Gasteiger partial charge in [0.25, 0.3) is 6.02 Å². The van der Waals surface area contributed by atoms with E-state index in [1.54, 1.807) is 13.4 Å². The Labute approximate surface area is 130 Å². The average molecular weight is 296 g/mol. The van der Waals surface area contributed by atoms with Crippen LogP contribution in [-0.4, -0.2) is 29.1 Å². The van der Waals surface area contributed by atoms with E-state index in [4.69, 9.17) is 10.5 Å². The summed E-state index contributed by atoms with van der Waals surface area (Å²) in [5.41, 5.74) is 10.7. The number of hydrogen-bond acceptors (Lipinski definition) is 4. The maximum Gasteiger partial charge on any atom is 0.281 e. The lowest BCUT2D eigenvalue weighted by Crippen LogP contribution is -2.28. The summed E-state index contributed by atoms with van der Waals surface area (Å²) in [6.45, 7) is 2.06. The zero-order valence-electron chi connectivity index (χ0n) is 12.9. The van der Waals surface area contributed by atoms with Gasteiger partial charge in [-0.15, -0.1) is 0 Å². The van der Waals surface area contributed by atoms with Gasteiger partial charge in [0.05, 0.1) is 0 Å². The van der Waals surface area contributed by atoms with Gasteiger partial charge >= 0.3 is 0 Å². The van der Waals surface area contributed by atoms with E-state index in [2.05, 4.69) is 40.1 Å². The van der Waals surface area contributed by atoms with E-state index in [9.17, 15) is 0 Å². The van der Waals surface area contributed by atoms with E-state index in [-0.39, 0.29) is 12.1 Å². The maximum atomic E-state index is 5.68. The van der Waals surface area contributed by atoms with Crippen LogP contribution in [0.1, 0.15) is 18.1 Å². The van der Waals surface area contributed by atoms with E-state index in [0.717, 1.165) is 18.4 Å². The Balaban J connectivity index is 1.85. The fraction of sp³-hybridized carbons (Fsp3) is 0.353. The summed E-state index contributed by atoms with van der Waals surface area (Å²) in [6, 6.07) is 6.66. The van der Waals surface area contributed by atoms with E-state index >= 15 is 0 Å². The minimum Gasteiger partial charge on any atom is -0.462 e. The number of nitrogens with zero attached hydrogens (tertiary/aromatic N) is 3. The van der Waals surface area contributed by atoms with Crippen molar-refractivity contribution >= 4 is 6.02 Å². The summed E-state index contributed by atoms with van der Waals surface area (Å²) >= 11 is 0. The number of nitrogens with two attached hydrogens (primary N) is 1. The first-order chi connectivity index (χ1) is 10.7. The molecule has 5 nitrogen and oxygen atoms in total. The van der Waals surface area contributed by atoms with Crippen LogP contribution in [0.4, 0.5) is 0 Å². The van der Waals surface area contributed by atoms with E-state index in [1.807, 2.05) is 12.4 Å². The van der Waals surface area contributed by atoms with E-state index in [0.29, 0.717) is 5.92 Å². The predicted molar refractivity (Wildman–Crippen MR) is 86.5 cm³/mol. The van der Waals surface area contributed by atoms with Crippen LogP contribution in [-0.2, 0) is 17.6 Å². The van der Waals surface area contributed by atoms with Gasteiger partial charge in [0.15, 0.2) is 0 Å². The van der Waals surface area contributed by atoms with Crippen LogP contribution in [0.3, 0.4) is 0 Å². The van der Waals surface area contributed by atoms with Crippen LogP contribution in [0.2, 0.25) is 0 Å². The predicted octanol–water partition coefficient (Wildman–Crippen LogP) is 2.21. The van der Waals surface area contributed by atoms with Gasteiger partial charge in [-0.1, -0.05) is 18.2 Å². The highest BCUT2D eigenvalue weighted by Crippen LogP contribution is 2.36. The summed E-state index contributed by atoms with van der Waals surface area (Å²) in [7, 11) is 1.64. The molecule has 1 aliphatic rings. The summed E-state index contributed by atoms with van der Waals surface area (Å²) in [6.07, 6.45) is 7.28. The monoisotopic (exact) mass is 296 g/mol. The second-order valence-corrected chi connectivity index (χ2v) is 5.62. The molecule has 3 rings (SSSR count). The highest BCUT2D eigenvalue weighted by atomic mass is 16.5. The molecule has 2 atom stereocenters. The van der Waals surface area contributed by atoms with Gasteiger partial charge in [0.2, 0.25) is 0 Å². The molecule has 1 aromatic carbocycles. The number of aromatic nitrogens is 2. The SMILES string of the molecule is CN=C(N)O[C@H](C)C1Cc2cccc(-c3cncnc3)c2C1. The Morgan fingerprint density at radius 2 is 2.09 bits per heavy atom. The summed E-state index contributed by atoms with van der Waals surface area (Å²) in [5.74, 6) is 0.404. The maximum absolute atomic E-state index is 5.68. The molecule has 0 aliphatic heterocycles. The van der Waals surface area contributed by atoms with Crippen LogP contribution in [0, 0.1) is 5.92 Å². The lowest BCUT2D eigenvalue weighted by Gasteiger charge is -2.19. The Bertz CT molecular complexity index is 684. The van der Waals surface area contributed by atoms with Gasteiger partial charge in [0, 0.05) is 30.9 Å². The van der Waals surface area contributed by atoms with Gasteiger partial charge in [-0.3, -0.25) is 0 Å². The van der Waals surface area contributed by atoms with Crippen molar-refractivity contribution in [3.63, 3.8) is 0 Å². The molecule has 0 spiro atoms. The Morgan fingerprint density at radius 3 is 2.82 bits per heavy atom. The molecule has 1 aromatic heterocycles. The van der Waals surface area contributed by atoms with Crippen LogP contribution in [0.25, 0.3) is 11.1 Å². The van der Waals surface area contributed by atoms with Crippen molar-refractivity contribution in [2.45, 2.75) is 25.9 Å². The van der Waals surface area contributed by atoms with Crippen molar-refractivity contribution in [3.05, 3.63) is 48.0 Å². The quantitative estimate of drug-likeness (QED) is 0.696. The number of fused-ring (bicyclic) bond motifs is 1. The first-order valence-electron chi connectivity index (χ1n) is 7.44. The fourth-order valence-corrected chi connectivity index (χ4v) is 3.06. The summed E-state index contributed by atoms with van der Waals surface area (Å²) in [4.78, 5) is 12.1. The van der Waals surface area contributed by atoms with Gasteiger partial charge < -0.3 is 10.5 Å². The molecular weight excluding hydrogens is 276 g/mol. The number of aliphatic imine (C=N–C) groups is 1. The minimum absolute atomic E-state index is 0.0379. The van der Waals surface area contributed by atoms with Crippen molar-refractivity contribution in [1.29, 1.82) is 0 Å². The second kappa shape index (κ2) is 6.13. The molecule has 1 aliphatic carbocycles. The molecule has 114 valence electrons. The number of hydrogen-bond donors (Lipinski definition) is 1. The molecule has 0 amide bonds. The smallest absolute Gasteiger partial charge is 0.281 e. The molecule has 1 unspecified atom stereocenters. The Hall–Kier alpha value is -2.43. The highest BCUT2D eigenvalue weighted by molar-refractivity contribution is 5.71. The largest absolute Gasteiger partial charge is 0.462 e. The summed E-state index contributed by atoms with van der Waals surface area (Å²) < 4.78 is 5.66. The van der Waals surface area contributed by atoms with Crippen molar-refractivity contribution in [2.75, 3.05) is 7.05 Å². The molecule has 2 N–H and O–H groups in total. The normalized spacial score (nSPS) is 18.8. The molecule has 22 heavy (non-hydrogen) atoms. The first-order valence-corrected chi connectivity index (χ1v) is 7.44. The van der Waals surface area contributed by atoms with Crippen molar-refractivity contribution in [3.8, 4) is 11.1 Å². The van der Waals surface area contributed by atoms with Crippen molar-refractivity contribution < 1.29 is 4.74 Å². The van der Waals surface area contributed by atoms with Crippen LogP contribution in [0.5, 0.6) is 0 Å². The topological polar surface area (TPSA) is 73.4 Å². The standard InChI is InChI=1S/C17H20N4O/c1-11(22-17(18)19-2)13-6-12-4-3-5-15(16(12)7-13)14-8-20-10-21-9-14/h3-5,8-11,13H,6-7H2,1-2H3,(H2,18,19)/t11-,13?/m1/s1. The molecule has 2 aromatic rings. The van der Waals surface area contributed by atoms with Crippen LogP contribution < -0.4 is 5.73 Å². The second-order valence-electron chi connectivity index (χ2n) is 5.62. The van der Waals surface area contributed by atoms with Crippen LogP contribution >= 0.6 is 0 Å². The molecule has 0 bridgehead atoms. The number of amidine groups is 1. The zero-order chi connectivity index (χ0) is 15.5. The molecule has 1 heterocycles. The molecular formula is C17H20N4O. The minimum atomic E-state index is 0.0379. The first kappa shape index (κ1) is 14.5. The highest BCUT2D eigenvalue weighted by Gasteiger charge is 2.29. The molecule has 0 saturated carbocycles. The fourth-order valence-electron chi connectivity index (χ4n) is 3.06. The van der Waals surface area contributed by atoms with Gasteiger partial charge in [-0.2, -0.15) is 0 Å². The van der Waals surface area contributed by atoms with Crippen molar-refractivity contribution in [2.24, 2.45) is 16.6 Å². The molecule has 0 fully saturated rings.